The van der Waals surface area contributed by atoms with Crippen molar-refractivity contribution in [3.63, 3.8) is 0 Å². The molecule has 0 atom stereocenters. The van der Waals surface area contributed by atoms with E-state index in [1.807, 2.05) is 30.3 Å². The summed E-state index contributed by atoms with van der Waals surface area (Å²) in [4.78, 5) is 0. The molecule has 5 nitrogen and oxygen atoms in total. The number of hydrogen-bond acceptors (Lipinski definition) is 2. The van der Waals surface area contributed by atoms with Crippen LogP contribution in [0.2, 0.25) is 5.02 Å². The van der Waals surface area contributed by atoms with Crippen LogP contribution in [0.1, 0.15) is 12.0 Å². The highest BCUT2D eigenvalue weighted by molar-refractivity contribution is 7.87. The molecule has 0 amide bonds. The fourth-order valence-electron chi connectivity index (χ4n) is 2.52. The molecule has 0 aliphatic carbocycles. The van der Waals surface area contributed by atoms with Crippen LogP contribution in [-0.2, 0) is 17.3 Å². The summed E-state index contributed by atoms with van der Waals surface area (Å²) in [5.74, 6) is 0. The van der Waals surface area contributed by atoms with Gasteiger partial charge in [-0.25, -0.2) is 4.57 Å². The van der Waals surface area contributed by atoms with Crippen LogP contribution in [0.15, 0.2) is 49.1 Å². The largest absolute Gasteiger partial charge is 0.380 e. The average molecular weight is 339 g/mol. The third kappa shape index (κ3) is 2.82. The molecule has 1 aromatic carbocycles. The van der Waals surface area contributed by atoms with E-state index in [9.17, 15) is 8.42 Å². The molecule has 22 heavy (non-hydrogen) atoms. The molecule has 1 aliphatic rings. The molecular weight excluding hydrogens is 322 g/mol. The van der Waals surface area contributed by atoms with Gasteiger partial charge in [0.25, 0.3) is 6.33 Å². The Morgan fingerprint density at radius 2 is 2.05 bits per heavy atom. The van der Waals surface area contributed by atoms with E-state index in [1.165, 1.54) is 8.28 Å². The van der Waals surface area contributed by atoms with Crippen LogP contribution in [0.4, 0.5) is 0 Å². The van der Waals surface area contributed by atoms with Gasteiger partial charge in [0, 0.05) is 18.1 Å². The maximum atomic E-state index is 12.5. The number of aromatic nitrogens is 2. The molecule has 1 aliphatic heterocycles. The van der Waals surface area contributed by atoms with Crippen molar-refractivity contribution in [3.05, 3.63) is 59.6 Å². The van der Waals surface area contributed by atoms with Crippen LogP contribution in [0.25, 0.3) is 5.57 Å². The fraction of sp³-hybridized carbons (Fsp3) is 0.267. The van der Waals surface area contributed by atoms with E-state index in [-0.39, 0.29) is 0 Å². The lowest BCUT2D eigenvalue weighted by Gasteiger charge is -2.24. The maximum absolute atomic E-state index is 12.5. The number of benzene rings is 1. The molecule has 0 fully saturated rings. The Bertz CT molecular complexity index is 827. The summed E-state index contributed by atoms with van der Waals surface area (Å²) in [6.07, 6.45) is 7.37. The number of hydrogen-bond donors (Lipinski definition) is 0. The van der Waals surface area contributed by atoms with Crippen molar-refractivity contribution >= 4 is 27.4 Å². The first kappa shape index (κ1) is 15.3. The van der Waals surface area contributed by atoms with E-state index in [0.717, 1.165) is 11.1 Å². The minimum absolute atomic E-state index is 0.352. The topological polar surface area (TPSA) is 46.2 Å². The van der Waals surface area contributed by atoms with E-state index in [1.54, 1.807) is 30.3 Å². The van der Waals surface area contributed by atoms with Crippen molar-refractivity contribution in [1.82, 2.24) is 8.28 Å². The minimum Gasteiger partial charge on any atom is -0.238 e. The lowest BCUT2D eigenvalue weighted by atomic mass is 10.0. The molecule has 116 valence electrons. The van der Waals surface area contributed by atoms with Crippen molar-refractivity contribution in [2.24, 2.45) is 7.05 Å². The lowest BCUT2D eigenvalue weighted by Crippen LogP contribution is -2.38. The first-order valence-corrected chi connectivity index (χ1v) is 8.74. The summed E-state index contributed by atoms with van der Waals surface area (Å²) < 4.78 is 29.5. The Hall–Kier alpha value is -1.63. The van der Waals surface area contributed by atoms with Crippen molar-refractivity contribution in [2.75, 3.05) is 13.1 Å². The summed E-state index contributed by atoms with van der Waals surface area (Å²) >= 11 is 6.20. The highest BCUT2D eigenvalue weighted by atomic mass is 35.5. The standard InChI is InChI=1S/C15H17ClN3O2S/c1-17-10-11-19(12-17)22(20,21)18-8-6-13(7-9-18)14-4-2-3-5-15(14)16/h2-6,10-12H,7-9H2,1H3/q+1. The van der Waals surface area contributed by atoms with Crippen LogP contribution < -0.4 is 4.57 Å². The Morgan fingerprint density at radius 1 is 1.27 bits per heavy atom. The van der Waals surface area contributed by atoms with Crippen LogP contribution in [0.3, 0.4) is 0 Å². The first-order chi connectivity index (χ1) is 10.5. The Balaban J connectivity index is 1.83. The normalized spacial score (nSPS) is 16.5. The molecule has 0 saturated heterocycles. The van der Waals surface area contributed by atoms with Crippen LogP contribution in [-0.4, -0.2) is 29.8 Å². The summed E-state index contributed by atoms with van der Waals surface area (Å²) in [6, 6.07) is 7.63. The van der Waals surface area contributed by atoms with Gasteiger partial charge in [0.05, 0.1) is 7.05 Å². The molecule has 2 aromatic rings. The molecule has 0 N–H and O–H groups in total. The molecule has 2 heterocycles. The second-order valence-electron chi connectivity index (χ2n) is 5.23. The maximum Gasteiger partial charge on any atom is 0.380 e. The number of rotatable bonds is 3. The molecular formula is C15H17ClN3O2S+. The Morgan fingerprint density at radius 3 is 2.64 bits per heavy atom. The van der Waals surface area contributed by atoms with Crippen molar-refractivity contribution in [3.8, 4) is 0 Å². The molecule has 0 spiro atoms. The van der Waals surface area contributed by atoms with Gasteiger partial charge in [0.1, 0.15) is 12.4 Å². The van der Waals surface area contributed by atoms with E-state index in [4.69, 9.17) is 11.6 Å². The van der Waals surface area contributed by atoms with Crippen LogP contribution in [0.5, 0.6) is 0 Å². The number of nitrogens with zero attached hydrogens (tertiary/aromatic N) is 3. The quantitative estimate of drug-likeness (QED) is 0.802. The van der Waals surface area contributed by atoms with Gasteiger partial charge in [0.15, 0.2) is 0 Å². The SMILES string of the molecule is C[n+]1ccn(S(=O)(=O)N2CC=C(c3ccccc3Cl)CC2)c1. The van der Waals surface area contributed by atoms with Crippen LogP contribution >= 0.6 is 11.6 Å². The monoisotopic (exact) mass is 338 g/mol. The number of halogens is 1. The zero-order valence-electron chi connectivity index (χ0n) is 12.2. The third-order valence-electron chi connectivity index (χ3n) is 3.73. The van der Waals surface area contributed by atoms with Gasteiger partial charge in [0.2, 0.25) is 0 Å². The van der Waals surface area contributed by atoms with E-state index in [0.29, 0.717) is 24.5 Å². The van der Waals surface area contributed by atoms with E-state index < -0.39 is 10.2 Å². The predicted molar refractivity (Wildman–Crippen MR) is 85.5 cm³/mol. The third-order valence-corrected chi connectivity index (χ3v) is 5.79. The van der Waals surface area contributed by atoms with Gasteiger partial charge in [-0.3, -0.25) is 0 Å². The summed E-state index contributed by atoms with van der Waals surface area (Å²) in [6.45, 7) is 0.798. The van der Waals surface area contributed by atoms with Crippen LogP contribution in [0, 0.1) is 0 Å². The van der Waals surface area contributed by atoms with Crippen molar-refractivity contribution < 1.29 is 13.0 Å². The van der Waals surface area contributed by atoms with Crippen molar-refractivity contribution in [2.45, 2.75) is 6.42 Å². The molecule has 0 unspecified atom stereocenters. The molecule has 3 rings (SSSR count). The number of aryl methyl sites for hydroxylation is 1. The molecule has 0 saturated carbocycles. The highest BCUT2D eigenvalue weighted by Gasteiger charge is 2.30. The summed E-state index contributed by atoms with van der Waals surface area (Å²) in [5, 5.41) is 0.697. The molecule has 1 aromatic heterocycles. The fourth-order valence-corrected chi connectivity index (χ4v) is 4.11. The second-order valence-corrected chi connectivity index (χ2v) is 7.47. The molecule has 0 radical (unpaired) electrons. The zero-order valence-corrected chi connectivity index (χ0v) is 13.8. The predicted octanol–water partition coefficient (Wildman–Crippen LogP) is 1.85. The van der Waals surface area contributed by atoms with E-state index >= 15 is 0 Å². The van der Waals surface area contributed by atoms with Gasteiger partial charge in [-0.2, -0.15) is 12.7 Å². The van der Waals surface area contributed by atoms with Gasteiger partial charge >= 0.3 is 10.2 Å². The molecule has 7 heteroatoms. The van der Waals surface area contributed by atoms with Gasteiger partial charge < -0.3 is 0 Å². The lowest BCUT2D eigenvalue weighted by molar-refractivity contribution is -0.670. The van der Waals surface area contributed by atoms with Crippen molar-refractivity contribution in [1.29, 1.82) is 0 Å². The Labute approximate surface area is 135 Å². The zero-order chi connectivity index (χ0) is 15.7. The van der Waals surface area contributed by atoms with Gasteiger partial charge in [-0.15, -0.1) is 3.97 Å². The van der Waals surface area contributed by atoms with Gasteiger partial charge in [-0.1, -0.05) is 35.9 Å². The smallest absolute Gasteiger partial charge is 0.238 e. The second kappa shape index (κ2) is 5.87. The summed E-state index contributed by atoms with van der Waals surface area (Å²) in [5.41, 5.74) is 2.07. The van der Waals surface area contributed by atoms with E-state index in [2.05, 4.69) is 0 Å². The first-order valence-electron chi connectivity index (χ1n) is 6.96. The number of imidazole rings is 1. The Kier molecular flexibility index (Phi) is 4.08. The molecule has 0 bridgehead atoms. The highest BCUT2D eigenvalue weighted by Crippen LogP contribution is 2.29. The average Bonchev–Trinajstić information content (AvgIpc) is 2.95. The minimum atomic E-state index is -3.51. The summed E-state index contributed by atoms with van der Waals surface area (Å²) in [7, 11) is -1.72. The van der Waals surface area contributed by atoms with Gasteiger partial charge in [-0.05, 0) is 23.6 Å².